The van der Waals surface area contributed by atoms with E-state index in [1.807, 2.05) is 0 Å². The van der Waals surface area contributed by atoms with Crippen LogP contribution in [0.3, 0.4) is 0 Å². The average molecular weight is 267 g/mol. The van der Waals surface area contributed by atoms with Crippen molar-refractivity contribution in [1.29, 1.82) is 0 Å². The zero-order valence-corrected chi connectivity index (χ0v) is 12.3. The van der Waals surface area contributed by atoms with Crippen LogP contribution in [0.5, 0.6) is 0 Å². The van der Waals surface area contributed by atoms with Gasteiger partial charge in [-0.1, -0.05) is 32.0 Å². The lowest BCUT2D eigenvalue weighted by Crippen LogP contribution is -2.24. The number of anilines is 1. The molecule has 3 rings (SSSR count). The summed E-state index contributed by atoms with van der Waals surface area (Å²) < 4.78 is 0. The first-order valence-electron chi connectivity index (χ1n) is 6.63. The number of para-hydroxylation sites is 1. The minimum atomic E-state index is 0. The molecule has 0 saturated heterocycles. The van der Waals surface area contributed by atoms with Crippen molar-refractivity contribution in [3.8, 4) is 0 Å². The molecular weight excluding hydrogens is 244 g/mol. The highest BCUT2D eigenvalue weighted by Crippen LogP contribution is 2.48. The van der Waals surface area contributed by atoms with Gasteiger partial charge in [0.15, 0.2) is 0 Å². The van der Waals surface area contributed by atoms with Crippen LogP contribution in [-0.2, 0) is 13.0 Å². The fourth-order valence-electron chi connectivity index (χ4n) is 3.11. The molecule has 0 bridgehead atoms. The van der Waals surface area contributed by atoms with Gasteiger partial charge in [0.25, 0.3) is 0 Å². The number of hydrogen-bond acceptors (Lipinski definition) is 2. The summed E-state index contributed by atoms with van der Waals surface area (Å²) in [6.07, 6.45) is 2.52. The van der Waals surface area contributed by atoms with Crippen molar-refractivity contribution in [2.24, 2.45) is 5.41 Å². The van der Waals surface area contributed by atoms with E-state index in [0.29, 0.717) is 5.41 Å². The molecule has 1 saturated carbocycles. The monoisotopic (exact) mass is 266 g/mol. The van der Waals surface area contributed by atoms with Crippen molar-refractivity contribution in [2.75, 3.05) is 18.9 Å². The van der Waals surface area contributed by atoms with Gasteiger partial charge in [-0.25, -0.2) is 0 Å². The molecule has 1 aliphatic carbocycles. The van der Waals surface area contributed by atoms with Gasteiger partial charge in [-0.15, -0.1) is 12.4 Å². The lowest BCUT2D eigenvalue weighted by Gasteiger charge is -2.20. The fraction of sp³-hybridized carbons (Fsp3) is 0.600. The number of nitrogens with zero attached hydrogens (tertiary/aromatic N) is 1. The summed E-state index contributed by atoms with van der Waals surface area (Å²) in [4.78, 5) is 2.51. The van der Waals surface area contributed by atoms with Gasteiger partial charge < -0.3 is 5.32 Å². The zero-order chi connectivity index (χ0) is 12.0. The van der Waals surface area contributed by atoms with Gasteiger partial charge in [-0.2, -0.15) is 0 Å². The number of hydrogen-bond donors (Lipinski definition) is 1. The van der Waals surface area contributed by atoms with Gasteiger partial charge in [-0.05, 0) is 36.4 Å². The van der Waals surface area contributed by atoms with Crippen LogP contribution < -0.4 is 5.32 Å². The largest absolute Gasteiger partial charge is 0.384 e. The summed E-state index contributed by atoms with van der Waals surface area (Å²) in [7, 11) is 2.26. The Morgan fingerprint density at radius 3 is 2.78 bits per heavy atom. The first-order chi connectivity index (χ1) is 8.08. The summed E-state index contributed by atoms with van der Waals surface area (Å²) in [5.74, 6) is 0. The molecule has 1 N–H and O–H groups in total. The summed E-state index contributed by atoms with van der Waals surface area (Å²) in [5.41, 5.74) is 4.88. The fourth-order valence-corrected chi connectivity index (χ4v) is 3.11. The van der Waals surface area contributed by atoms with Crippen LogP contribution in [0.15, 0.2) is 18.2 Å². The molecule has 0 amide bonds. The van der Waals surface area contributed by atoms with E-state index in [-0.39, 0.29) is 12.4 Å². The van der Waals surface area contributed by atoms with E-state index < -0.39 is 0 Å². The molecule has 1 aromatic rings. The summed E-state index contributed by atoms with van der Waals surface area (Å²) in [6.45, 7) is 6.90. The highest BCUT2D eigenvalue weighted by molar-refractivity contribution is 5.85. The Balaban J connectivity index is 0.00000120. The minimum Gasteiger partial charge on any atom is -0.384 e. The topological polar surface area (TPSA) is 15.3 Å². The van der Waals surface area contributed by atoms with Gasteiger partial charge in [0.2, 0.25) is 0 Å². The van der Waals surface area contributed by atoms with E-state index in [0.717, 1.165) is 19.1 Å². The molecule has 1 unspecified atom stereocenters. The van der Waals surface area contributed by atoms with Crippen LogP contribution in [0.1, 0.15) is 31.4 Å². The zero-order valence-electron chi connectivity index (χ0n) is 11.5. The van der Waals surface area contributed by atoms with Crippen LogP contribution in [0.2, 0.25) is 0 Å². The smallest absolute Gasteiger partial charge is 0.0419 e. The standard InChI is InChI=1S/C15H22N2.ClH/c1-15(2)9-13(15)17(3)10-12-6-4-5-11-7-8-16-14(11)12;/h4-6,13,16H,7-10H2,1-3H3;1H. The van der Waals surface area contributed by atoms with Crippen molar-refractivity contribution < 1.29 is 0 Å². The van der Waals surface area contributed by atoms with Crippen LogP contribution in [0, 0.1) is 5.41 Å². The summed E-state index contributed by atoms with van der Waals surface area (Å²) >= 11 is 0. The van der Waals surface area contributed by atoms with E-state index >= 15 is 0 Å². The molecule has 1 aromatic carbocycles. The number of halogens is 1. The molecule has 1 aliphatic heterocycles. The maximum absolute atomic E-state index is 3.53. The SMILES string of the molecule is CN(Cc1cccc2c1NCC2)C1CC1(C)C.Cl. The molecule has 100 valence electrons. The van der Waals surface area contributed by atoms with Crippen LogP contribution in [-0.4, -0.2) is 24.5 Å². The van der Waals surface area contributed by atoms with Gasteiger partial charge in [0.05, 0.1) is 0 Å². The third-order valence-corrected chi connectivity index (χ3v) is 4.35. The Hall–Kier alpha value is -0.730. The van der Waals surface area contributed by atoms with Crippen molar-refractivity contribution >= 4 is 18.1 Å². The first kappa shape index (κ1) is 13.7. The van der Waals surface area contributed by atoms with E-state index in [1.54, 1.807) is 0 Å². The van der Waals surface area contributed by atoms with Gasteiger partial charge in [0, 0.05) is 24.8 Å². The molecule has 0 spiro atoms. The number of benzene rings is 1. The summed E-state index contributed by atoms with van der Waals surface area (Å²) in [6, 6.07) is 7.48. The van der Waals surface area contributed by atoms with E-state index in [1.165, 1.54) is 29.7 Å². The Morgan fingerprint density at radius 1 is 1.39 bits per heavy atom. The second kappa shape index (κ2) is 4.75. The second-order valence-electron chi connectivity index (χ2n) is 6.25. The van der Waals surface area contributed by atoms with E-state index in [4.69, 9.17) is 0 Å². The van der Waals surface area contributed by atoms with Crippen molar-refractivity contribution in [3.63, 3.8) is 0 Å². The summed E-state index contributed by atoms with van der Waals surface area (Å²) in [5, 5.41) is 3.53. The molecule has 1 fully saturated rings. The van der Waals surface area contributed by atoms with Gasteiger partial charge in [-0.3, -0.25) is 4.90 Å². The lowest BCUT2D eigenvalue weighted by molar-refractivity contribution is 0.280. The predicted octanol–water partition coefficient (Wildman–Crippen LogP) is 3.31. The molecule has 2 nitrogen and oxygen atoms in total. The average Bonchev–Trinajstić information content (AvgIpc) is 2.75. The van der Waals surface area contributed by atoms with Gasteiger partial charge in [0.1, 0.15) is 0 Å². The maximum atomic E-state index is 3.53. The highest BCUT2D eigenvalue weighted by atomic mass is 35.5. The maximum Gasteiger partial charge on any atom is 0.0419 e. The normalized spacial score (nSPS) is 23.2. The van der Waals surface area contributed by atoms with Gasteiger partial charge >= 0.3 is 0 Å². The highest BCUT2D eigenvalue weighted by Gasteiger charge is 2.48. The third-order valence-electron chi connectivity index (χ3n) is 4.35. The van der Waals surface area contributed by atoms with Crippen LogP contribution in [0.4, 0.5) is 5.69 Å². The Kier molecular flexibility index (Phi) is 3.61. The first-order valence-corrected chi connectivity index (χ1v) is 6.63. The molecule has 0 radical (unpaired) electrons. The molecule has 3 heteroatoms. The molecule has 18 heavy (non-hydrogen) atoms. The van der Waals surface area contributed by atoms with Crippen LogP contribution >= 0.6 is 12.4 Å². The van der Waals surface area contributed by atoms with Crippen LogP contribution in [0.25, 0.3) is 0 Å². The molecule has 0 aromatic heterocycles. The number of nitrogens with one attached hydrogen (secondary N) is 1. The Labute approximate surface area is 116 Å². The van der Waals surface area contributed by atoms with E-state index in [9.17, 15) is 0 Å². The van der Waals surface area contributed by atoms with Crippen molar-refractivity contribution in [3.05, 3.63) is 29.3 Å². The molecule has 1 heterocycles. The number of fused-ring (bicyclic) bond motifs is 1. The lowest BCUT2D eigenvalue weighted by atomic mass is 10.1. The number of rotatable bonds is 3. The van der Waals surface area contributed by atoms with E-state index in [2.05, 4.69) is 49.3 Å². The predicted molar refractivity (Wildman–Crippen MR) is 79.5 cm³/mol. The second-order valence-corrected chi connectivity index (χ2v) is 6.25. The molecular formula is C15H23ClN2. The Bertz CT molecular complexity index is 442. The quantitative estimate of drug-likeness (QED) is 0.903. The van der Waals surface area contributed by atoms with Crippen molar-refractivity contribution in [1.82, 2.24) is 4.90 Å². The minimum absolute atomic E-state index is 0. The Morgan fingerprint density at radius 2 is 2.11 bits per heavy atom. The molecule has 1 atom stereocenters. The third kappa shape index (κ3) is 2.36. The van der Waals surface area contributed by atoms with Crippen molar-refractivity contribution in [2.45, 2.75) is 39.3 Å². The molecule has 2 aliphatic rings.